The third-order valence-corrected chi connectivity index (χ3v) is 4.55. The van der Waals surface area contributed by atoms with Crippen LogP contribution in [0.5, 0.6) is 0 Å². The molecular weight excluding hydrogens is 385 g/mol. The Balaban J connectivity index is 0.00000261. The third-order valence-electron chi connectivity index (χ3n) is 4.29. The Morgan fingerprint density at radius 3 is 2.56 bits per heavy atom. The molecule has 1 heterocycles. The largest absolute Gasteiger partial charge is 0.478 e. The fourth-order valence-electron chi connectivity index (χ4n) is 2.85. The van der Waals surface area contributed by atoms with Crippen LogP contribution in [0.3, 0.4) is 0 Å². The molecule has 0 radical (unpaired) electrons. The molecule has 0 bridgehead atoms. The second-order valence-electron chi connectivity index (χ2n) is 6.10. The number of nitrogens with one attached hydrogen (secondary N) is 1. The number of carbonyl (C=O) groups is 1. The zero-order valence-corrected chi connectivity index (χ0v) is 16.4. The summed E-state index contributed by atoms with van der Waals surface area (Å²) in [6, 6.07) is 16.8. The maximum atomic E-state index is 11.3. The smallest absolute Gasteiger partial charge is 0.335 e. The van der Waals surface area contributed by atoms with Crippen LogP contribution in [0.4, 0.5) is 0 Å². The minimum atomic E-state index is -0.931. The lowest BCUT2D eigenvalue weighted by Gasteiger charge is -2.06. The topological polar surface area (TPSA) is 62.5 Å². The van der Waals surface area contributed by atoms with Gasteiger partial charge in [-0.15, -0.1) is 12.4 Å². The normalized spacial score (nSPS) is 10.4. The van der Waals surface area contributed by atoms with E-state index in [9.17, 15) is 9.90 Å². The van der Waals surface area contributed by atoms with E-state index in [1.54, 1.807) is 19.1 Å². The molecule has 3 rings (SSSR count). The molecule has 0 aliphatic rings. The predicted octanol–water partition coefficient (Wildman–Crippen LogP) is 5.36. The van der Waals surface area contributed by atoms with Gasteiger partial charge in [-0.3, -0.25) is 0 Å². The molecule has 4 nitrogen and oxygen atoms in total. The van der Waals surface area contributed by atoms with Gasteiger partial charge in [-0.25, -0.2) is 4.79 Å². The summed E-state index contributed by atoms with van der Waals surface area (Å²) in [5.74, 6) is 0.566. The average molecular weight is 406 g/mol. The summed E-state index contributed by atoms with van der Waals surface area (Å²) in [6.45, 7) is 3.24. The van der Waals surface area contributed by atoms with Crippen molar-refractivity contribution in [2.75, 3.05) is 6.54 Å². The molecule has 0 saturated carbocycles. The highest BCUT2D eigenvalue weighted by atomic mass is 35.5. The second-order valence-corrected chi connectivity index (χ2v) is 6.54. The summed E-state index contributed by atoms with van der Waals surface area (Å²) in [6.07, 6.45) is 0.907. The fourth-order valence-corrected chi connectivity index (χ4v) is 2.97. The first-order chi connectivity index (χ1) is 12.5. The van der Waals surface area contributed by atoms with Crippen molar-refractivity contribution in [1.29, 1.82) is 0 Å². The summed E-state index contributed by atoms with van der Waals surface area (Å²) in [4.78, 5) is 11.3. The quantitative estimate of drug-likeness (QED) is 0.519. The molecule has 2 N–H and O–H groups in total. The number of carboxylic acids is 1. The van der Waals surface area contributed by atoms with E-state index in [0.717, 1.165) is 29.3 Å². The zero-order chi connectivity index (χ0) is 18.5. The molecule has 1 aromatic heterocycles. The van der Waals surface area contributed by atoms with Crippen molar-refractivity contribution in [2.24, 2.45) is 0 Å². The van der Waals surface area contributed by atoms with Crippen LogP contribution in [-0.2, 0) is 13.0 Å². The van der Waals surface area contributed by atoms with Crippen molar-refractivity contribution >= 4 is 30.0 Å². The number of carboxylic acid groups (broad SMARTS) is 1. The summed E-state index contributed by atoms with van der Waals surface area (Å²) in [5, 5.41) is 13.3. The first kappa shape index (κ1) is 21.0. The second kappa shape index (κ2) is 9.60. The van der Waals surface area contributed by atoms with Gasteiger partial charge in [0, 0.05) is 10.6 Å². The molecule has 27 heavy (non-hydrogen) atoms. The predicted molar refractivity (Wildman–Crippen MR) is 110 cm³/mol. The summed E-state index contributed by atoms with van der Waals surface area (Å²) < 4.78 is 5.88. The number of benzene rings is 2. The van der Waals surface area contributed by atoms with Gasteiger partial charge in [0.2, 0.25) is 0 Å². The standard InChI is InChI=1S/C21H20ClNO3.ClH/c1-14-18(3-2-4-19(14)21(24)25)20-10-9-17(26-20)13-23-12-11-15-5-7-16(22)8-6-15;/h2-10,23H,11-13H2,1H3,(H,24,25);1H. The highest BCUT2D eigenvalue weighted by Crippen LogP contribution is 2.27. The first-order valence-electron chi connectivity index (χ1n) is 8.42. The number of hydrogen-bond donors (Lipinski definition) is 2. The van der Waals surface area contributed by atoms with Gasteiger partial charge in [0.15, 0.2) is 0 Å². The minimum Gasteiger partial charge on any atom is -0.478 e. The van der Waals surface area contributed by atoms with E-state index in [1.165, 1.54) is 5.56 Å². The van der Waals surface area contributed by atoms with Crippen molar-refractivity contribution in [2.45, 2.75) is 19.9 Å². The van der Waals surface area contributed by atoms with Gasteiger partial charge in [0.1, 0.15) is 11.5 Å². The first-order valence-corrected chi connectivity index (χ1v) is 8.79. The van der Waals surface area contributed by atoms with Crippen molar-refractivity contribution < 1.29 is 14.3 Å². The molecule has 3 aromatic rings. The van der Waals surface area contributed by atoms with Crippen LogP contribution in [0, 0.1) is 6.92 Å². The lowest BCUT2D eigenvalue weighted by atomic mass is 10.0. The maximum Gasteiger partial charge on any atom is 0.335 e. The molecule has 0 aliphatic heterocycles. The Bertz CT molecular complexity index is 904. The molecule has 0 aliphatic carbocycles. The monoisotopic (exact) mass is 405 g/mol. The third kappa shape index (κ3) is 5.36. The molecule has 0 fully saturated rings. The summed E-state index contributed by atoms with van der Waals surface area (Å²) >= 11 is 5.88. The van der Waals surface area contributed by atoms with E-state index in [1.807, 2.05) is 42.5 Å². The number of aromatic carboxylic acids is 1. The summed E-state index contributed by atoms with van der Waals surface area (Å²) in [5.41, 5.74) is 3.03. The van der Waals surface area contributed by atoms with E-state index in [0.29, 0.717) is 23.4 Å². The minimum absolute atomic E-state index is 0. The van der Waals surface area contributed by atoms with Gasteiger partial charge in [-0.1, -0.05) is 35.9 Å². The van der Waals surface area contributed by atoms with Crippen LogP contribution >= 0.6 is 24.0 Å². The molecule has 0 atom stereocenters. The Hall–Kier alpha value is -2.27. The van der Waals surface area contributed by atoms with E-state index in [-0.39, 0.29) is 12.4 Å². The molecule has 0 unspecified atom stereocenters. The van der Waals surface area contributed by atoms with Gasteiger partial charge in [0.05, 0.1) is 12.1 Å². The molecule has 0 amide bonds. The summed E-state index contributed by atoms with van der Waals surface area (Å²) in [7, 11) is 0. The van der Waals surface area contributed by atoms with Crippen molar-refractivity contribution in [3.63, 3.8) is 0 Å². The molecule has 0 saturated heterocycles. The van der Waals surface area contributed by atoms with Crippen LogP contribution in [0.15, 0.2) is 59.0 Å². The van der Waals surface area contributed by atoms with Crippen molar-refractivity contribution in [3.8, 4) is 11.3 Å². The Labute approximate surface area is 169 Å². The van der Waals surface area contributed by atoms with Crippen molar-refractivity contribution in [1.82, 2.24) is 5.32 Å². The molecule has 6 heteroatoms. The SMILES string of the molecule is Cc1c(C(=O)O)cccc1-c1ccc(CNCCc2ccc(Cl)cc2)o1.Cl. The van der Waals surface area contributed by atoms with E-state index in [4.69, 9.17) is 16.0 Å². The average Bonchev–Trinajstić information content (AvgIpc) is 3.09. The van der Waals surface area contributed by atoms with E-state index < -0.39 is 5.97 Å². The number of hydrogen-bond acceptors (Lipinski definition) is 3. The maximum absolute atomic E-state index is 11.3. The zero-order valence-electron chi connectivity index (χ0n) is 14.9. The van der Waals surface area contributed by atoms with E-state index in [2.05, 4.69) is 5.32 Å². The molecule has 142 valence electrons. The van der Waals surface area contributed by atoms with Gasteiger partial charge in [-0.2, -0.15) is 0 Å². The molecule has 2 aromatic carbocycles. The van der Waals surface area contributed by atoms with E-state index >= 15 is 0 Å². The lowest BCUT2D eigenvalue weighted by molar-refractivity contribution is 0.0696. The highest BCUT2D eigenvalue weighted by Gasteiger charge is 2.13. The Morgan fingerprint density at radius 1 is 1.11 bits per heavy atom. The Morgan fingerprint density at radius 2 is 1.85 bits per heavy atom. The van der Waals surface area contributed by atoms with Crippen molar-refractivity contribution in [3.05, 3.63) is 82.1 Å². The molecule has 0 spiro atoms. The van der Waals surface area contributed by atoms with Gasteiger partial charge >= 0.3 is 5.97 Å². The van der Waals surface area contributed by atoms with Gasteiger partial charge in [-0.05, 0) is 61.3 Å². The van der Waals surface area contributed by atoms with Crippen LogP contribution < -0.4 is 5.32 Å². The molecular formula is C21H21Cl2NO3. The fraction of sp³-hybridized carbons (Fsp3) is 0.190. The lowest BCUT2D eigenvalue weighted by Crippen LogP contribution is -2.16. The highest BCUT2D eigenvalue weighted by molar-refractivity contribution is 6.30. The number of furan rings is 1. The number of halogens is 2. The van der Waals surface area contributed by atoms with Crippen LogP contribution in [-0.4, -0.2) is 17.6 Å². The van der Waals surface area contributed by atoms with Gasteiger partial charge in [0.25, 0.3) is 0 Å². The Kier molecular flexibility index (Phi) is 7.48. The van der Waals surface area contributed by atoms with Crippen LogP contribution in [0.1, 0.15) is 27.2 Å². The van der Waals surface area contributed by atoms with Crippen LogP contribution in [0.25, 0.3) is 11.3 Å². The van der Waals surface area contributed by atoms with Gasteiger partial charge < -0.3 is 14.8 Å². The number of rotatable bonds is 7. The van der Waals surface area contributed by atoms with Crippen LogP contribution in [0.2, 0.25) is 5.02 Å².